The van der Waals surface area contributed by atoms with E-state index in [9.17, 15) is 0 Å². The predicted molar refractivity (Wildman–Crippen MR) is 79.2 cm³/mol. The third-order valence-electron chi connectivity index (χ3n) is 3.51. The SMILES string of the molecule is CC(C)OCCNC1CCN(Cc2ccccc2)C1. The van der Waals surface area contributed by atoms with Gasteiger partial charge in [-0.25, -0.2) is 0 Å². The van der Waals surface area contributed by atoms with Crippen LogP contribution in [0.25, 0.3) is 0 Å². The van der Waals surface area contributed by atoms with Gasteiger partial charge < -0.3 is 10.1 Å². The van der Waals surface area contributed by atoms with Gasteiger partial charge in [0.15, 0.2) is 0 Å². The van der Waals surface area contributed by atoms with Crippen molar-refractivity contribution < 1.29 is 4.74 Å². The van der Waals surface area contributed by atoms with Crippen LogP contribution < -0.4 is 5.32 Å². The van der Waals surface area contributed by atoms with Gasteiger partial charge in [0.05, 0.1) is 12.7 Å². The van der Waals surface area contributed by atoms with E-state index in [4.69, 9.17) is 4.74 Å². The highest BCUT2D eigenvalue weighted by atomic mass is 16.5. The molecule has 1 N–H and O–H groups in total. The summed E-state index contributed by atoms with van der Waals surface area (Å²) in [6, 6.07) is 11.3. The number of likely N-dealkylation sites (tertiary alicyclic amines) is 1. The van der Waals surface area contributed by atoms with Crippen molar-refractivity contribution in [1.82, 2.24) is 10.2 Å². The van der Waals surface area contributed by atoms with Gasteiger partial charge in [-0.05, 0) is 25.8 Å². The minimum Gasteiger partial charge on any atom is -0.377 e. The molecule has 0 spiro atoms. The molecule has 0 aromatic heterocycles. The zero-order chi connectivity index (χ0) is 13.5. The van der Waals surface area contributed by atoms with Crippen LogP contribution in [0.2, 0.25) is 0 Å². The standard InChI is InChI=1S/C16H26N2O/c1-14(2)19-11-9-17-16-8-10-18(13-16)12-15-6-4-3-5-7-15/h3-7,14,16-17H,8-13H2,1-2H3. The van der Waals surface area contributed by atoms with Crippen LogP contribution in [0.1, 0.15) is 25.8 Å². The summed E-state index contributed by atoms with van der Waals surface area (Å²) in [5, 5.41) is 3.59. The number of rotatable bonds is 7. The minimum atomic E-state index is 0.333. The molecule has 0 aliphatic carbocycles. The maximum atomic E-state index is 5.55. The van der Waals surface area contributed by atoms with Crippen LogP contribution in [0.4, 0.5) is 0 Å². The molecule has 1 fully saturated rings. The first-order valence-electron chi connectivity index (χ1n) is 7.35. The second-order valence-electron chi connectivity index (χ2n) is 5.58. The predicted octanol–water partition coefficient (Wildman–Crippen LogP) is 2.28. The number of nitrogens with one attached hydrogen (secondary N) is 1. The van der Waals surface area contributed by atoms with Gasteiger partial charge in [0.25, 0.3) is 0 Å². The summed E-state index contributed by atoms with van der Waals surface area (Å²) in [6.45, 7) is 9.35. The molecule has 0 radical (unpaired) electrons. The van der Waals surface area contributed by atoms with Gasteiger partial charge in [-0.2, -0.15) is 0 Å². The van der Waals surface area contributed by atoms with Gasteiger partial charge in [-0.1, -0.05) is 30.3 Å². The lowest BCUT2D eigenvalue weighted by molar-refractivity contribution is 0.0794. The van der Waals surface area contributed by atoms with E-state index >= 15 is 0 Å². The highest BCUT2D eigenvalue weighted by molar-refractivity contribution is 5.14. The van der Waals surface area contributed by atoms with Crippen LogP contribution in [0.15, 0.2) is 30.3 Å². The second-order valence-corrected chi connectivity index (χ2v) is 5.58. The number of hydrogen-bond donors (Lipinski definition) is 1. The Hall–Kier alpha value is -0.900. The Kier molecular flexibility index (Phi) is 5.83. The fourth-order valence-electron chi connectivity index (χ4n) is 2.54. The summed E-state index contributed by atoms with van der Waals surface area (Å²) in [6.07, 6.45) is 1.58. The summed E-state index contributed by atoms with van der Waals surface area (Å²) in [4.78, 5) is 2.52. The van der Waals surface area contributed by atoms with Gasteiger partial charge in [0.2, 0.25) is 0 Å². The first-order chi connectivity index (χ1) is 9.24. The van der Waals surface area contributed by atoms with Crippen LogP contribution in [-0.4, -0.2) is 43.3 Å². The normalized spacial score (nSPS) is 20.3. The third-order valence-corrected chi connectivity index (χ3v) is 3.51. The highest BCUT2D eigenvalue weighted by Gasteiger charge is 2.21. The maximum Gasteiger partial charge on any atom is 0.0594 e. The van der Waals surface area contributed by atoms with Gasteiger partial charge in [-0.3, -0.25) is 4.90 Å². The summed E-state index contributed by atoms with van der Waals surface area (Å²) in [5.41, 5.74) is 1.41. The van der Waals surface area contributed by atoms with Gasteiger partial charge in [0.1, 0.15) is 0 Å². The molecule has 1 aliphatic rings. The van der Waals surface area contributed by atoms with E-state index in [1.165, 1.54) is 18.5 Å². The van der Waals surface area contributed by atoms with E-state index in [0.717, 1.165) is 26.2 Å². The molecule has 0 saturated carbocycles. The molecule has 0 amide bonds. The zero-order valence-electron chi connectivity index (χ0n) is 12.1. The molecule has 0 bridgehead atoms. The van der Waals surface area contributed by atoms with Crippen molar-refractivity contribution in [2.75, 3.05) is 26.2 Å². The monoisotopic (exact) mass is 262 g/mol. The van der Waals surface area contributed by atoms with E-state index < -0.39 is 0 Å². The summed E-state index contributed by atoms with van der Waals surface area (Å²) < 4.78 is 5.55. The molecule has 1 aromatic rings. The lowest BCUT2D eigenvalue weighted by Crippen LogP contribution is -2.34. The first kappa shape index (κ1) is 14.5. The van der Waals surface area contributed by atoms with Gasteiger partial charge in [0, 0.05) is 32.2 Å². The lowest BCUT2D eigenvalue weighted by atomic mass is 10.2. The Morgan fingerprint density at radius 1 is 1.32 bits per heavy atom. The Morgan fingerprint density at radius 2 is 2.11 bits per heavy atom. The molecule has 1 heterocycles. The van der Waals surface area contributed by atoms with Gasteiger partial charge >= 0.3 is 0 Å². The van der Waals surface area contributed by atoms with Crippen molar-refractivity contribution in [3.05, 3.63) is 35.9 Å². The van der Waals surface area contributed by atoms with Crippen molar-refractivity contribution in [1.29, 1.82) is 0 Å². The Labute approximate surface area is 116 Å². The summed E-state index contributed by atoms with van der Waals surface area (Å²) in [5.74, 6) is 0. The van der Waals surface area contributed by atoms with Crippen LogP contribution in [-0.2, 0) is 11.3 Å². The van der Waals surface area contributed by atoms with Crippen molar-refractivity contribution in [3.63, 3.8) is 0 Å². The molecule has 2 rings (SSSR count). The van der Waals surface area contributed by atoms with Crippen molar-refractivity contribution in [2.24, 2.45) is 0 Å². The molecule has 3 heteroatoms. The number of ether oxygens (including phenoxy) is 1. The molecule has 1 aromatic carbocycles. The fraction of sp³-hybridized carbons (Fsp3) is 0.625. The van der Waals surface area contributed by atoms with E-state index in [1.54, 1.807) is 0 Å². The van der Waals surface area contributed by atoms with E-state index in [2.05, 4.69) is 54.4 Å². The van der Waals surface area contributed by atoms with E-state index in [1.807, 2.05) is 0 Å². The Morgan fingerprint density at radius 3 is 2.84 bits per heavy atom. The molecule has 3 nitrogen and oxygen atoms in total. The minimum absolute atomic E-state index is 0.333. The maximum absolute atomic E-state index is 5.55. The van der Waals surface area contributed by atoms with E-state index in [-0.39, 0.29) is 0 Å². The number of hydrogen-bond acceptors (Lipinski definition) is 3. The third kappa shape index (κ3) is 5.31. The molecule has 1 unspecified atom stereocenters. The molecular formula is C16H26N2O. The van der Waals surface area contributed by atoms with Crippen molar-refractivity contribution >= 4 is 0 Å². The van der Waals surface area contributed by atoms with Crippen LogP contribution in [0.5, 0.6) is 0 Å². The average molecular weight is 262 g/mol. The fourth-order valence-corrected chi connectivity index (χ4v) is 2.54. The number of nitrogens with zero attached hydrogens (tertiary/aromatic N) is 1. The highest BCUT2D eigenvalue weighted by Crippen LogP contribution is 2.13. The molecule has 1 aliphatic heterocycles. The Balaban J connectivity index is 1.63. The molecule has 106 valence electrons. The smallest absolute Gasteiger partial charge is 0.0594 e. The summed E-state index contributed by atoms with van der Waals surface area (Å²) >= 11 is 0. The van der Waals surface area contributed by atoms with Crippen molar-refractivity contribution in [3.8, 4) is 0 Å². The van der Waals surface area contributed by atoms with Crippen LogP contribution in [0.3, 0.4) is 0 Å². The number of benzene rings is 1. The van der Waals surface area contributed by atoms with E-state index in [0.29, 0.717) is 12.1 Å². The molecule has 1 saturated heterocycles. The molecule has 19 heavy (non-hydrogen) atoms. The Bertz CT molecular complexity index is 353. The summed E-state index contributed by atoms with van der Waals surface area (Å²) in [7, 11) is 0. The first-order valence-corrected chi connectivity index (χ1v) is 7.35. The topological polar surface area (TPSA) is 24.5 Å². The molecular weight excluding hydrogens is 236 g/mol. The largest absolute Gasteiger partial charge is 0.377 e. The zero-order valence-corrected chi connectivity index (χ0v) is 12.1. The second kappa shape index (κ2) is 7.63. The lowest BCUT2D eigenvalue weighted by Gasteiger charge is -2.17. The van der Waals surface area contributed by atoms with Crippen LogP contribution in [0, 0.1) is 0 Å². The van der Waals surface area contributed by atoms with Gasteiger partial charge in [-0.15, -0.1) is 0 Å². The average Bonchev–Trinajstić information content (AvgIpc) is 2.83. The quantitative estimate of drug-likeness (QED) is 0.763. The van der Waals surface area contributed by atoms with Crippen LogP contribution >= 0.6 is 0 Å². The molecule has 1 atom stereocenters. The van der Waals surface area contributed by atoms with Crippen molar-refractivity contribution in [2.45, 2.75) is 39.0 Å².